The van der Waals surface area contributed by atoms with Crippen molar-refractivity contribution in [2.75, 3.05) is 12.9 Å². The van der Waals surface area contributed by atoms with E-state index in [4.69, 9.17) is 21.1 Å². The summed E-state index contributed by atoms with van der Waals surface area (Å²) in [6.07, 6.45) is 0.0484. The fourth-order valence-corrected chi connectivity index (χ4v) is 1.30. The van der Waals surface area contributed by atoms with Crippen LogP contribution < -0.4 is 0 Å². The monoisotopic (exact) mass is 219 g/mol. The normalized spacial score (nSPS) is 14.8. The minimum absolute atomic E-state index is 0.0948. The Balaban J connectivity index is 3.03. The van der Waals surface area contributed by atoms with Crippen molar-refractivity contribution in [2.45, 2.75) is 5.72 Å². The van der Waals surface area contributed by atoms with Crippen molar-refractivity contribution in [1.82, 2.24) is 4.90 Å². The van der Waals surface area contributed by atoms with E-state index in [0.29, 0.717) is 4.90 Å². The molecule has 1 heterocycles. The fraction of sp³-hybridized carbons (Fsp3) is 0.375. The van der Waals surface area contributed by atoms with Crippen LogP contribution in [0.4, 0.5) is 4.79 Å². The van der Waals surface area contributed by atoms with Crippen molar-refractivity contribution in [1.29, 1.82) is 0 Å². The molecule has 1 rings (SSSR count). The molecule has 0 bridgehead atoms. The van der Waals surface area contributed by atoms with Gasteiger partial charge in [0, 0.05) is 7.05 Å². The van der Waals surface area contributed by atoms with Crippen molar-refractivity contribution in [3.8, 4) is 0 Å². The number of aliphatic hydroxyl groups is 1. The van der Waals surface area contributed by atoms with Gasteiger partial charge in [0.25, 0.3) is 0 Å². The molecule has 1 aromatic heterocycles. The molecule has 0 aliphatic carbocycles. The highest BCUT2D eigenvalue weighted by molar-refractivity contribution is 6.18. The zero-order valence-electron chi connectivity index (χ0n) is 7.48. The lowest BCUT2D eigenvalue weighted by Crippen LogP contribution is -2.47. The number of halogens is 1. The Morgan fingerprint density at radius 1 is 1.79 bits per heavy atom. The van der Waals surface area contributed by atoms with Gasteiger partial charge in [-0.15, -0.1) is 11.6 Å². The van der Waals surface area contributed by atoms with Crippen molar-refractivity contribution in [3.63, 3.8) is 0 Å². The summed E-state index contributed by atoms with van der Waals surface area (Å²) in [5.74, 6) is -0.207. The Kier molecular flexibility index (Phi) is 3.03. The summed E-state index contributed by atoms with van der Waals surface area (Å²) < 4.78 is 4.92. The van der Waals surface area contributed by atoms with Crippen LogP contribution in [0.5, 0.6) is 0 Å². The van der Waals surface area contributed by atoms with Gasteiger partial charge >= 0.3 is 6.09 Å². The Bertz CT molecular complexity index is 313. The summed E-state index contributed by atoms with van der Waals surface area (Å²) in [5, 5.41) is 18.7. The van der Waals surface area contributed by atoms with Crippen molar-refractivity contribution >= 4 is 17.7 Å². The van der Waals surface area contributed by atoms with Crippen LogP contribution in [0.1, 0.15) is 5.76 Å². The molecular weight excluding hydrogens is 210 g/mol. The number of carbonyl (C=O) groups is 1. The van der Waals surface area contributed by atoms with Gasteiger partial charge in [0.05, 0.1) is 12.1 Å². The average molecular weight is 220 g/mol. The second kappa shape index (κ2) is 3.89. The third-order valence-electron chi connectivity index (χ3n) is 1.94. The van der Waals surface area contributed by atoms with Crippen LogP contribution in [-0.2, 0) is 5.72 Å². The third kappa shape index (κ3) is 1.69. The highest BCUT2D eigenvalue weighted by atomic mass is 35.5. The second-order valence-electron chi connectivity index (χ2n) is 2.77. The molecule has 0 aliphatic rings. The molecule has 0 aromatic carbocycles. The molecule has 1 atom stereocenters. The van der Waals surface area contributed by atoms with Crippen molar-refractivity contribution in [3.05, 3.63) is 24.2 Å². The lowest BCUT2D eigenvalue weighted by atomic mass is 10.2. The molecule has 14 heavy (non-hydrogen) atoms. The number of hydrogen-bond donors (Lipinski definition) is 2. The van der Waals surface area contributed by atoms with Gasteiger partial charge in [-0.05, 0) is 12.1 Å². The smallest absolute Gasteiger partial charge is 0.409 e. The van der Waals surface area contributed by atoms with E-state index in [9.17, 15) is 9.90 Å². The van der Waals surface area contributed by atoms with E-state index in [1.54, 1.807) is 6.07 Å². The highest BCUT2D eigenvalue weighted by Crippen LogP contribution is 2.26. The maximum absolute atomic E-state index is 10.7. The predicted molar refractivity (Wildman–Crippen MR) is 49.1 cm³/mol. The number of nitrogens with zero attached hydrogens (tertiary/aromatic N) is 1. The van der Waals surface area contributed by atoms with E-state index in [2.05, 4.69) is 0 Å². The Morgan fingerprint density at radius 3 is 2.79 bits per heavy atom. The van der Waals surface area contributed by atoms with Crippen LogP contribution in [-0.4, -0.2) is 34.1 Å². The highest BCUT2D eigenvalue weighted by Gasteiger charge is 2.39. The maximum Gasteiger partial charge on any atom is 0.409 e. The van der Waals surface area contributed by atoms with E-state index in [0.717, 1.165) is 0 Å². The molecule has 0 radical (unpaired) electrons. The van der Waals surface area contributed by atoms with Gasteiger partial charge in [-0.1, -0.05) is 0 Å². The first-order valence-corrected chi connectivity index (χ1v) is 4.35. The zero-order chi connectivity index (χ0) is 10.8. The maximum atomic E-state index is 10.7. The van der Waals surface area contributed by atoms with Gasteiger partial charge in [0.2, 0.25) is 5.72 Å². The largest absolute Gasteiger partial charge is 0.465 e. The van der Waals surface area contributed by atoms with Crippen LogP contribution in [0.25, 0.3) is 0 Å². The summed E-state index contributed by atoms with van der Waals surface area (Å²) >= 11 is 5.52. The lowest BCUT2D eigenvalue weighted by molar-refractivity contribution is -0.0821. The molecule has 1 aromatic rings. The summed E-state index contributed by atoms with van der Waals surface area (Å²) in [6, 6.07) is 3.00. The Hall–Kier alpha value is -1.20. The molecule has 2 N–H and O–H groups in total. The molecule has 0 spiro atoms. The molecule has 0 aliphatic heterocycles. The molecule has 0 saturated heterocycles. The van der Waals surface area contributed by atoms with Gasteiger partial charge in [-0.3, -0.25) is 4.90 Å². The lowest BCUT2D eigenvalue weighted by Gasteiger charge is -2.31. The first kappa shape index (κ1) is 10.9. The first-order valence-electron chi connectivity index (χ1n) is 3.81. The summed E-state index contributed by atoms with van der Waals surface area (Å²) in [5.41, 5.74) is -1.82. The molecule has 0 saturated carbocycles. The zero-order valence-corrected chi connectivity index (χ0v) is 8.23. The fourth-order valence-electron chi connectivity index (χ4n) is 0.985. The van der Waals surface area contributed by atoms with E-state index >= 15 is 0 Å². The average Bonchev–Trinajstić information content (AvgIpc) is 2.68. The number of alkyl halides is 1. The van der Waals surface area contributed by atoms with Crippen molar-refractivity contribution in [2.24, 2.45) is 0 Å². The van der Waals surface area contributed by atoms with E-state index in [-0.39, 0.29) is 11.6 Å². The molecule has 78 valence electrons. The second-order valence-corrected chi connectivity index (χ2v) is 3.04. The Labute approximate surface area is 85.5 Å². The SMILES string of the molecule is CN(C(=O)O)C(O)(CCl)c1ccco1. The van der Waals surface area contributed by atoms with Gasteiger partial charge in [0.15, 0.2) is 5.76 Å². The van der Waals surface area contributed by atoms with Crippen LogP contribution in [0, 0.1) is 0 Å². The number of furan rings is 1. The predicted octanol–water partition coefficient (Wildman–Crippen LogP) is 1.27. The molecule has 5 nitrogen and oxygen atoms in total. The Morgan fingerprint density at radius 2 is 2.43 bits per heavy atom. The standard InChI is InChI=1S/C8H10ClNO4/c1-10(7(11)12)8(13,5-9)6-3-2-4-14-6/h2-4,13H,5H2,1H3,(H,11,12). The van der Waals surface area contributed by atoms with E-state index in [1.165, 1.54) is 19.4 Å². The summed E-state index contributed by atoms with van der Waals surface area (Å²) in [4.78, 5) is 11.4. The number of rotatable bonds is 3. The van der Waals surface area contributed by atoms with E-state index in [1.807, 2.05) is 0 Å². The van der Waals surface area contributed by atoms with Crippen molar-refractivity contribution < 1.29 is 19.4 Å². The van der Waals surface area contributed by atoms with Crippen LogP contribution in [0.3, 0.4) is 0 Å². The summed E-state index contributed by atoms with van der Waals surface area (Å²) in [6.45, 7) is 0. The minimum Gasteiger partial charge on any atom is -0.465 e. The first-order chi connectivity index (χ1) is 6.52. The topological polar surface area (TPSA) is 73.9 Å². The van der Waals surface area contributed by atoms with Gasteiger partial charge in [0.1, 0.15) is 0 Å². The minimum atomic E-state index is -1.82. The van der Waals surface area contributed by atoms with Gasteiger partial charge in [-0.25, -0.2) is 4.79 Å². The number of hydrogen-bond acceptors (Lipinski definition) is 3. The van der Waals surface area contributed by atoms with Crippen LogP contribution in [0.2, 0.25) is 0 Å². The number of carboxylic acid groups (broad SMARTS) is 1. The number of amides is 1. The van der Waals surface area contributed by atoms with Crippen LogP contribution in [0.15, 0.2) is 22.8 Å². The van der Waals surface area contributed by atoms with Gasteiger partial charge < -0.3 is 14.6 Å². The third-order valence-corrected chi connectivity index (χ3v) is 2.32. The molecule has 1 unspecified atom stereocenters. The van der Waals surface area contributed by atoms with Crippen LogP contribution >= 0.6 is 11.6 Å². The van der Waals surface area contributed by atoms with E-state index < -0.39 is 11.8 Å². The molecular formula is C8H10ClNO4. The summed E-state index contributed by atoms with van der Waals surface area (Å²) in [7, 11) is 1.22. The molecule has 1 amide bonds. The van der Waals surface area contributed by atoms with Gasteiger partial charge in [-0.2, -0.15) is 0 Å². The molecule has 6 heteroatoms. The quantitative estimate of drug-likeness (QED) is 0.593. The molecule has 0 fully saturated rings.